The predicted octanol–water partition coefficient (Wildman–Crippen LogP) is 1.69. The molecule has 0 unspecified atom stereocenters. The third-order valence-corrected chi connectivity index (χ3v) is 3.10. The highest BCUT2D eigenvalue weighted by Gasteiger charge is 2.16. The largest absolute Gasteiger partial charge is 0.357 e. The Kier molecular flexibility index (Phi) is 10.4. The predicted molar refractivity (Wildman–Crippen MR) is 89.8 cm³/mol. The maximum absolute atomic E-state index is 4.63. The van der Waals surface area contributed by atoms with Crippen LogP contribution >= 0.6 is 24.0 Å². The van der Waals surface area contributed by atoms with Gasteiger partial charge in [0.05, 0.1) is 0 Å². The van der Waals surface area contributed by atoms with Crippen molar-refractivity contribution < 1.29 is 0 Å². The maximum atomic E-state index is 4.63. The van der Waals surface area contributed by atoms with Crippen LogP contribution < -0.4 is 10.6 Å². The van der Waals surface area contributed by atoms with E-state index >= 15 is 0 Å². The van der Waals surface area contributed by atoms with Gasteiger partial charge < -0.3 is 15.5 Å². The van der Waals surface area contributed by atoms with Crippen LogP contribution in [-0.2, 0) is 0 Å². The Balaban J connectivity index is 0.00000289. The molecule has 1 fully saturated rings. The summed E-state index contributed by atoms with van der Waals surface area (Å²) in [5.41, 5.74) is 0. The molecule has 0 saturated carbocycles. The monoisotopic (exact) mass is 366 g/mol. The normalized spacial score (nSPS) is 18.0. The van der Waals surface area contributed by atoms with E-state index in [0.717, 1.165) is 31.5 Å². The van der Waals surface area contributed by atoms with Gasteiger partial charge in [-0.3, -0.25) is 4.99 Å². The lowest BCUT2D eigenvalue weighted by atomic mass is 9.97. The third kappa shape index (κ3) is 7.20. The van der Waals surface area contributed by atoms with E-state index in [9.17, 15) is 0 Å². The van der Waals surface area contributed by atoms with Gasteiger partial charge in [0.1, 0.15) is 0 Å². The minimum atomic E-state index is 0. The van der Waals surface area contributed by atoms with Crippen molar-refractivity contribution in [2.75, 3.05) is 39.8 Å². The second-order valence-electron chi connectivity index (χ2n) is 4.64. The third-order valence-electron chi connectivity index (χ3n) is 3.10. The number of hydrogen-bond acceptors (Lipinski definition) is 2. The standard InChI is InChI=1S/C13H26N4.HI/c1-4-8-15-13(14-5-2)16-11-12-6-9-17(3)10-7-12;/h4,12H,1,5-11H2,2-3H3,(H2,14,15,16);1H. The molecule has 4 nitrogen and oxygen atoms in total. The number of likely N-dealkylation sites (tertiary alicyclic amines) is 1. The molecule has 18 heavy (non-hydrogen) atoms. The van der Waals surface area contributed by atoms with Crippen molar-refractivity contribution >= 4 is 29.9 Å². The number of nitrogens with one attached hydrogen (secondary N) is 2. The van der Waals surface area contributed by atoms with Crippen LogP contribution in [-0.4, -0.2) is 50.6 Å². The fraction of sp³-hybridized carbons (Fsp3) is 0.769. The molecule has 0 radical (unpaired) electrons. The van der Waals surface area contributed by atoms with E-state index in [1.54, 1.807) is 0 Å². The first-order chi connectivity index (χ1) is 8.26. The summed E-state index contributed by atoms with van der Waals surface area (Å²) in [6.07, 6.45) is 4.38. The van der Waals surface area contributed by atoms with Gasteiger partial charge in [0.25, 0.3) is 0 Å². The van der Waals surface area contributed by atoms with Gasteiger partial charge in [-0.1, -0.05) is 6.08 Å². The topological polar surface area (TPSA) is 39.7 Å². The molecule has 0 amide bonds. The number of aliphatic imine (C=N–C) groups is 1. The molecular weight excluding hydrogens is 339 g/mol. The average Bonchev–Trinajstić information content (AvgIpc) is 2.35. The van der Waals surface area contributed by atoms with E-state index in [4.69, 9.17) is 0 Å². The average molecular weight is 366 g/mol. The van der Waals surface area contributed by atoms with Crippen LogP contribution in [0.4, 0.5) is 0 Å². The summed E-state index contributed by atoms with van der Waals surface area (Å²) in [6, 6.07) is 0. The lowest BCUT2D eigenvalue weighted by molar-refractivity contribution is 0.223. The summed E-state index contributed by atoms with van der Waals surface area (Å²) in [4.78, 5) is 7.02. The molecule has 0 spiro atoms. The molecule has 2 N–H and O–H groups in total. The SMILES string of the molecule is C=CCNC(=NCC1CCN(C)CC1)NCC.I. The van der Waals surface area contributed by atoms with Crippen LogP contribution in [0.25, 0.3) is 0 Å². The maximum Gasteiger partial charge on any atom is 0.191 e. The molecule has 0 aliphatic carbocycles. The molecule has 1 rings (SSSR count). The first-order valence-corrected chi connectivity index (χ1v) is 6.57. The van der Waals surface area contributed by atoms with Crippen molar-refractivity contribution in [3.05, 3.63) is 12.7 Å². The van der Waals surface area contributed by atoms with Gasteiger partial charge in [-0.2, -0.15) is 0 Å². The van der Waals surface area contributed by atoms with Crippen molar-refractivity contribution in [3.8, 4) is 0 Å². The molecule has 0 atom stereocenters. The summed E-state index contributed by atoms with van der Waals surface area (Å²) < 4.78 is 0. The van der Waals surface area contributed by atoms with E-state index in [2.05, 4.69) is 41.1 Å². The zero-order valence-electron chi connectivity index (χ0n) is 11.6. The van der Waals surface area contributed by atoms with Crippen LogP contribution in [0.2, 0.25) is 0 Å². The van der Waals surface area contributed by atoms with Crippen LogP contribution in [0.3, 0.4) is 0 Å². The summed E-state index contributed by atoms with van der Waals surface area (Å²) in [6.45, 7) is 10.8. The Labute approximate surface area is 128 Å². The highest BCUT2D eigenvalue weighted by molar-refractivity contribution is 14.0. The number of halogens is 1. The second kappa shape index (κ2) is 10.6. The van der Waals surface area contributed by atoms with Gasteiger partial charge in [0.15, 0.2) is 5.96 Å². The molecule has 5 heteroatoms. The number of nitrogens with zero attached hydrogens (tertiary/aromatic N) is 2. The lowest BCUT2D eigenvalue weighted by Crippen LogP contribution is -2.38. The quantitative estimate of drug-likeness (QED) is 0.337. The van der Waals surface area contributed by atoms with Crippen molar-refractivity contribution in [2.24, 2.45) is 10.9 Å². The van der Waals surface area contributed by atoms with Crippen molar-refractivity contribution in [2.45, 2.75) is 19.8 Å². The zero-order chi connectivity index (χ0) is 12.5. The number of piperidine rings is 1. The molecule has 1 aliphatic rings. The fourth-order valence-corrected chi connectivity index (χ4v) is 1.98. The zero-order valence-corrected chi connectivity index (χ0v) is 13.9. The Morgan fingerprint density at radius 2 is 2.06 bits per heavy atom. The van der Waals surface area contributed by atoms with Crippen LogP contribution in [0.15, 0.2) is 17.6 Å². The number of rotatable bonds is 5. The summed E-state index contributed by atoms with van der Waals surface area (Å²) in [5.74, 6) is 1.65. The van der Waals surface area contributed by atoms with E-state index in [0.29, 0.717) is 0 Å². The number of guanidine groups is 1. The van der Waals surface area contributed by atoms with Gasteiger partial charge in [-0.25, -0.2) is 0 Å². The van der Waals surface area contributed by atoms with E-state index < -0.39 is 0 Å². The van der Waals surface area contributed by atoms with E-state index in [1.165, 1.54) is 25.9 Å². The van der Waals surface area contributed by atoms with Gasteiger partial charge in [-0.05, 0) is 45.8 Å². The summed E-state index contributed by atoms with van der Waals surface area (Å²) >= 11 is 0. The minimum Gasteiger partial charge on any atom is -0.357 e. The molecule has 0 aromatic carbocycles. The van der Waals surface area contributed by atoms with Crippen molar-refractivity contribution in [3.63, 3.8) is 0 Å². The van der Waals surface area contributed by atoms with Crippen molar-refractivity contribution in [1.29, 1.82) is 0 Å². The molecule has 0 bridgehead atoms. The Morgan fingerprint density at radius 3 is 2.61 bits per heavy atom. The first kappa shape index (κ1) is 17.7. The van der Waals surface area contributed by atoms with E-state index in [-0.39, 0.29) is 24.0 Å². The molecule has 0 aromatic rings. The highest BCUT2D eigenvalue weighted by Crippen LogP contribution is 2.15. The van der Waals surface area contributed by atoms with Gasteiger partial charge in [0, 0.05) is 19.6 Å². The molecule has 106 valence electrons. The first-order valence-electron chi connectivity index (χ1n) is 6.57. The molecule has 1 aliphatic heterocycles. The molecule has 0 aromatic heterocycles. The minimum absolute atomic E-state index is 0. The number of hydrogen-bond donors (Lipinski definition) is 2. The van der Waals surface area contributed by atoms with Gasteiger partial charge >= 0.3 is 0 Å². The lowest BCUT2D eigenvalue weighted by Gasteiger charge is -2.28. The molecular formula is C13H27IN4. The summed E-state index contributed by atoms with van der Waals surface area (Å²) in [7, 11) is 2.19. The molecule has 1 heterocycles. The Bertz CT molecular complexity index is 247. The van der Waals surface area contributed by atoms with E-state index in [1.807, 2.05) is 6.08 Å². The Hall–Kier alpha value is -0.300. The van der Waals surface area contributed by atoms with Crippen LogP contribution in [0.1, 0.15) is 19.8 Å². The highest BCUT2D eigenvalue weighted by atomic mass is 127. The fourth-order valence-electron chi connectivity index (χ4n) is 1.98. The van der Waals surface area contributed by atoms with Gasteiger partial charge in [0.2, 0.25) is 0 Å². The second-order valence-corrected chi connectivity index (χ2v) is 4.64. The molecule has 1 saturated heterocycles. The smallest absolute Gasteiger partial charge is 0.191 e. The van der Waals surface area contributed by atoms with Crippen molar-refractivity contribution in [1.82, 2.24) is 15.5 Å². The van der Waals surface area contributed by atoms with Crippen LogP contribution in [0, 0.1) is 5.92 Å². The summed E-state index contributed by atoms with van der Waals surface area (Å²) in [5, 5.41) is 6.48. The van der Waals surface area contributed by atoms with Gasteiger partial charge in [-0.15, -0.1) is 30.6 Å². The van der Waals surface area contributed by atoms with Crippen LogP contribution in [0.5, 0.6) is 0 Å². The Morgan fingerprint density at radius 1 is 1.39 bits per heavy atom.